The van der Waals surface area contributed by atoms with Gasteiger partial charge in [-0.15, -0.1) is 11.6 Å². The number of carbonyl (C=O) groups excluding carboxylic acids is 3. The number of nitrogens with two attached hydrogens (primary N) is 4. The Morgan fingerprint density at radius 1 is 0.568 bits per heavy atom. The smallest absolute Gasteiger partial charge is 0.410 e. The number of aromatic amines is 3. The predicted molar refractivity (Wildman–Crippen MR) is 470 cm³/mol. The van der Waals surface area contributed by atoms with Crippen LogP contribution in [0.15, 0.2) is 143 Å². The molecule has 16 rings (SSSR count). The molecule has 118 heavy (non-hydrogen) atoms. The minimum Gasteiger partial charge on any atom is -0.481 e. The summed E-state index contributed by atoms with van der Waals surface area (Å²) in [7, 11) is 7.07. The fraction of sp³-hybridized carbons (Fsp3) is 0.346. The second-order valence-electron chi connectivity index (χ2n) is 29.6. The zero-order chi connectivity index (χ0) is 85.3. The van der Waals surface area contributed by atoms with E-state index >= 15 is 0 Å². The lowest BCUT2D eigenvalue weighted by Crippen LogP contribution is -2.36. The summed E-state index contributed by atoms with van der Waals surface area (Å²) in [6, 6.07) is 29.8. The van der Waals surface area contributed by atoms with Gasteiger partial charge in [0.2, 0.25) is 5.91 Å². The van der Waals surface area contributed by atoms with Gasteiger partial charge in [0.25, 0.3) is 5.97 Å². The van der Waals surface area contributed by atoms with Crippen LogP contribution in [-0.4, -0.2) is 212 Å². The molecule has 3 amide bonds. The molecule has 1 unspecified atom stereocenters. The average Bonchev–Trinajstić information content (AvgIpc) is 1.60. The van der Waals surface area contributed by atoms with Crippen molar-refractivity contribution in [3.63, 3.8) is 0 Å². The Hall–Kier alpha value is -12.1. The lowest BCUT2D eigenvalue weighted by Gasteiger charge is -2.24. The summed E-state index contributed by atoms with van der Waals surface area (Å²) < 4.78 is 25.4. The van der Waals surface area contributed by atoms with Gasteiger partial charge in [0, 0.05) is 180 Å². The summed E-state index contributed by atoms with van der Waals surface area (Å²) in [6.45, 7) is 20.9. The summed E-state index contributed by atoms with van der Waals surface area (Å²) in [6.07, 6.45) is 16.0. The second-order valence-corrected chi connectivity index (χ2v) is 31.8. The molecule has 0 saturated carbocycles. The van der Waals surface area contributed by atoms with E-state index in [4.69, 9.17) is 58.6 Å². The van der Waals surface area contributed by atoms with E-state index in [9.17, 15) is 14.4 Å². The first kappa shape index (κ1) is 88.2. The number of nitrogens with one attached hydrogen (secondary N) is 4. The third-order valence-corrected chi connectivity index (χ3v) is 19.3. The summed E-state index contributed by atoms with van der Waals surface area (Å²) in [5, 5.41) is 57.1. The number of anilines is 4. The Bertz CT molecular complexity index is 5940. The normalized spacial score (nSPS) is 12.6. The minimum atomic E-state index is -0.833. The van der Waals surface area contributed by atoms with Gasteiger partial charge in [0.1, 0.15) is 45.3 Å². The number of amides is 3. The van der Waals surface area contributed by atoms with Gasteiger partial charge in [-0.2, -0.15) is 35.7 Å². The number of ether oxygens (including phenoxy) is 3. The first-order valence-corrected chi connectivity index (χ1v) is 39.9. The molecule has 12 heterocycles. The molecular weight excluding hydrogens is 1660 g/mol. The number of hydrogen-bond donors (Lipinski definition) is 9. The highest BCUT2D eigenvalue weighted by Crippen LogP contribution is 2.34. The van der Waals surface area contributed by atoms with E-state index in [-0.39, 0.29) is 24.3 Å². The summed E-state index contributed by atoms with van der Waals surface area (Å²) in [5.74, 6) is 1.35. The Morgan fingerprint density at radius 2 is 1.00 bits per heavy atom. The van der Waals surface area contributed by atoms with E-state index in [1.165, 1.54) is 28.3 Å². The molecule has 1 atom stereocenters. The molecule has 11 aromatic heterocycles. The van der Waals surface area contributed by atoms with Crippen LogP contribution in [0.1, 0.15) is 86.6 Å². The maximum Gasteiger partial charge on any atom is 0.410 e. The van der Waals surface area contributed by atoms with Crippen molar-refractivity contribution in [2.24, 2.45) is 0 Å². The van der Waals surface area contributed by atoms with E-state index in [1.54, 1.807) is 56.2 Å². The van der Waals surface area contributed by atoms with Crippen LogP contribution < -0.4 is 28.3 Å². The number of halogens is 3. The third-order valence-electron chi connectivity index (χ3n) is 18.2. The van der Waals surface area contributed by atoms with Crippen molar-refractivity contribution < 1.29 is 38.5 Å². The molecular formula is C81H99Br2ClN26O8. The number of hydrogen-bond acceptors (Lipinski definition) is 23. The second kappa shape index (κ2) is 39.7. The summed E-state index contributed by atoms with van der Waals surface area (Å²) in [4.78, 5) is 66.0. The van der Waals surface area contributed by atoms with Gasteiger partial charge in [-0.05, 0) is 129 Å². The van der Waals surface area contributed by atoms with Crippen LogP contribution in [0.2, 0.25) is 0 Å². The van der Waals surface area contributed by atoms with Crippen molar-refractivity contribution in [1.29, 1.82) is 0 Å². The molecule has 0 spiro atoms. The number of nitrogens with zero attached hydrogens (tertiary/aromatic N) is 18. The van der Waals surface area contributed by atoms with Crippen molar-refractivity contribution in [2.45, 2.75) is 119 Å². The highest BCUT2D eigenvalue weighted by Gasteiger charge is 2.23. The highest BCUT2D eigenvalue weighted by molar-refractivity contribution is 9.10. The first-order valence-electron chi connectivity index (χ1n) is 37.8. The van der Waals surface area contributed by atoms with Crippen LogP contribution in [0.25, 0.3) is 110 Å². The van der Waals surface area contributed by atoms with Crippen molar-refractivity contribution in [3.05, 3.63) is 149 Å². The van der Waals surface area contributed by atoms with Gasteiger partial charge < -0.3 is 62.3 Å². The number of fused-ring (bicyclic) bond motifs is 12. The predicted octanol–water partition coefficient (Wildman–Crippen LogP) is 14.1. The molecule has 1 fully saturated rings. The van der Waals surface area contributed by atoms with Gasteiger partial charge in [-0.1, -0.05) is 68.3 Å². The number of rotatable bonds is 14. The van der Waals surface area contributed by atoms with E-state index in [0.717, 1.165) is 141 Å². The number of nitrogen functional groups attached to an aromatic ring is 4. The van der Waals surface area contributed by atoms with Crippen molar-refractivity contribution in [3.8, 4) is 22.5 Å². The van der Waals surface area contributed by atoms with Gasteiger partial charge in [-0.25, -0.2) is 34.2 Å². The average molecular weight is 1760 g/mol. The lowest BCUT2D eigenvalue weighted by atomic mass is 10.1. The summed E-state index contributed by atoms with van der Waals surface area (Å²) >= 11 is 12.3. The quantitative estimate of drug-likeness (QED) is 0.0457. The topological polar surface area (TPSA) is 451 Å². The van der Waals surface area contributed by atoms with E-state index in [1.807, 2.05) is 166 Å². The molecule has 0 bridgehead atoms. The molecule has 34 nitrogen and oxygen atoms in total. The van der Waals surface area contributed by atoms with Crippen LogP contribution in [0.3, 0.4) is 0 Å². The van der Waals surface area contributed by atoms with Gasteiger partial charge in [0.15, 0.2) is 17.5 Å². The number of alkyl halides is 1. The number of pyridine rings is 4. The number of carboxylic acid groups (broad SMARTS) is 1. The van der Waals surface area contributed by atoms with Crippen molar-refractivity contribution in [1.82, 2.24) is 110 Å². The third kappa shape index (κ3) is 23.4. The highest BCUT2D eigenvalue weighted by atomic mass is 79.9. The maximum atomic E-state index is 12.1. The zero-order valence-corrected chi connectivity index (χ0v) is 72.0. The molecule has 0 radical (unpaired) electrons. The van der Waals surface area contributed by atoms with Crippen LogP contribution in [-0.2, 0) is 43.4 Å². The Kier molecular flexibility index (Phi) is 29.7. The number of likely N-dealkylation sites (N-methyl/N-ethyl adjacent to an activating group) is 3. The van der Waals surface area contributed by atoms with Crippen LogP contribution in [0.5, 0.6) is 0 Å². The first-order chi connectivity index (χ1) is 56.1. The Morgan fingerprint density at radius 3 is 1.41 bits per heavy atom. The number of aromatic nitrogens is 18. The molecule has 37 heteroatoms. The van der Waals surface area contributed by atoms with Gasteiger partial charge in [0.05, 0.1) is 59.3 Å². The molecule has 13 N–H and O–H groups in total. The largest absolute Gasteiger partial charge is 0.481 e. The molecule has 1 aliphatic heterocycles. The Labute approximate surface area is 701 Å². The molecule has 0 aliphatic carbocycles. The number of aliphatic carboxylic acids is 1. The molecule has 4 aromatic carbocycles. The van der Waals surface area contributed by atoms with Crippen LogP contribution >= 0.6 is 43.5 Å². The maximum absolute atomic E-state index is 12.1. The Balaban J connectivity index is 0.000000151. The standard InChI is InChI=1S/C18H22BrN5O2.C18H19N7O.C16H17N7.C10H7BrN4.C9H14N2O.C8H16ClNO2.C2H4O2/c1-18(2,3)26-17(25)23(4)7-8-24-10-13-12-6-5-11(19)9-14(12)21-16(20)15(13)22-24;1-11(26)24(2)7-8-25-10-14-13-4-3-12(15-5-6-20-22-15)9-16(13)21-18(19)17(14)23-25;1-18-6-7-23-9-12-11-3-2-10(13-4-5-19-21-13)8-14(11)20-16(17)15(12)22-23;11-5-1-2-6-7-4-13-15-9(7)10(12)14-8(6)3-5;1-8-5-6-10-11(8)9-4-2-3-7-12-9;1-8(2,3)12-7(11)10(4)6-5-9;1-2(3)4/h5-6,9-10H,7-8H2,1-4H3,(H2,20,21);3-6,9-10H,7-8H2,1-2H3,(H2,19,21)(H,20,22);2-5,8-9,18H,6-7H2,1H3,(H2,17,20)(H,19,21);1-4H,(H2,12,14)(H,13,15);5-6,9H,2-4,7H2,1H3;5-6H2,1-4H3;1H3,(H,3,4). The number of H-pyrrole nitrogens is 3. The SMILES string of the molecule is CC(=O)N(C)CCn1cc2c(n1)c(N)nc1cc(-c3ccn[nH]3)ccc12.CC(=O)O.CN(CCCl)C(=O)OC(C)(C)C.CN(CCn1cc2c(n1)c(N)nc1cc(Br)ccc12)C(=O)OC(C)(C)C.CNCCn1cc2c(n1)c(N)nc1cc(-c3ccn[nH]3)ccc12.Cc1ccnn1C1CCCCO1.Nc1nc2cc(Br)ccc2c2cn[nH]c12. The number of benzene rings is 4. The minimum absolute atomic E-state index is 0.0275. The van der Waals surface area contributed by atoms with Gasteiger partial charge in [-0.3, -0.25) is 38.9 Å². The monoisotopic (exact) mass is 1760 g/mol. The van der Waals surface area contributed by atoms with Gasteiger partial charge >= 0.3 is 12.2 Å². The van der Waals surface area contributed by atoms with Crippen molar-refractivity contribution >= 4 is 178 Å². The number of aryl methyl sites for hydroxylation is 1. The fourth-order valence-electron chi connectivity index (χ4n) is 12.2. The van der Waals surface area contributed by atoms with Crippen molar-refractivity contribution in [2.75, 3.05) is 89.8 Å². The van der Waals surface area contributed by atoms with E-state index < -0.39 is 17.2 Å². The van der Waals surface area contributed by atoms with Crippen LogP contribution in [0.4, 0.5) is 32.9 Å². The fourth-order valence-corrected chi connectivity index (χ4v) is 13.1. The number of carbonyl (C=O) groups is 4. The zero-order valence-electron chi connectivity index (χ0n) is 68.1. The van der Waals surface area contributed by atoms with Crippen LogP contribution in [0, 0.1) is 6.92 Å². The molecule has 1 saturated heterocycles. The van der Waals surface area contributed by atoms with E-state index in [2.05, 4.69) is 127 Å². The van der Waals surface area contributed by atoms with E-state index in [0.29, 0.717) is 72.9 Å². The summed E-state index contributed by atoms with van der Waals surface area (Å²) in [5.41, 5.74) is 34.5. The molecule has 15 aromatic rings. The molecule has 622 valence electrons. The lowest BCUT2D eigenvalue weighted by molar-refractivity contribution is -0.134. The molecule has 1 aliphatic rings. The number of carboxylic acids is 1.